The maximum Gasteiger partial charge on any atom is 0.333 e. The van der Waals surface area contributed by atoms with Crippen LogP contribution in [-0.2, 0) is 24.5 Å². The van der Waals surface area contributed by atoms with Crippen molar-refractivity contribution in [2.45, 2.75) is 25.4 Å². The molecule has 0 heterocycles. The minimum Gasteiger partial charge on any atom is -0.491 e. The third-order valence-corrected chi connectivity index (χ3v) is 4.77. The molecule has 0 saturated heterocycles. The highest BCUT2D eigenvalue weighted by Crippen LogP contribution is 2.33. The smallest absolute Gasteiger partial charge is 0.333 e. The number of aliphatic hydroxyl groups is 1. The zero-order valence-corrected chi connectivity index (χ0v) is 18.3. The van der Waals surface area contributed by atoms with Crippen molar-refractivity contribution in [3.63, 3.8) is 0 Å². The lowest BCUT2D eigenvalue weighted by atomic mass is 9.78. The molecule has 0 spiro atoms. The third kappa shape index (κ3) is 7.28. The molecule has 1 N–H and O–H groups in total. The Hall–Kier alpha value is -3.58. The fraction of sp³-hybridized carbons (Fsp3) is 0.280. The molecule has 2 rings (SSSR count). The monoisotopic (exact) mass is 440 g/mol. The van der Waals surface area contributed by atoms with Gasteiger partial charge in [-0.25, -0.2) is 9.59 Å². The van der Waals surface area contributed by atoms with Gasteiger partial charge in [-0.05, 0) is 35.4 Å². The zero-order valence-electron chi connectivity index (χ0n) is 18.3. The number of aliphatic hydroxyl groups excluding tert-OH is 1. The minimum atomic E-state index is -0.934. The summed E-state index contributed by atoms with van der Waals surface area (Å²) in [6.07, 6.45) is 1.18. The summed E-state index contributed by atoms with van der Waals surface area (Å²) in [5.41, 5.74) is 1.85. The van der Waals surface area contributed by atoms with Crippen LogP contribution in [0.1, 0.15) is 25.0 Å². The van der Waals surface area contributed by atoms with Crippen LogP contribution in [0.2, 0.25) is 0 Å². The highest BCUT2D eigenvalue weighted by Gasteiger charge is 2.23. The number of benzene rings is 2. The Balaban J connectivity index is 1.93. The van der Waals surface area contributed by atoms with E-state index in [9.17, 15) is 14.7 Å². The summed E-state index contributed by atoms with van der Waals surface area (Å²) in [4.78, 5) is 22.1. The molecule has 0 radical (unpaired) electrons. The fourth-order valence-corrected chi connectivity index (χ4v) is 2.79. The van der Waals surface area contributed by atoms with Gasteiger partial charge in [0.25, 0.3) is 0 Å². The maximum absolute atomic E-state index is 11.0. The van der Waals surface area contributed by atoms with E-state index in [-0.39, 0.29) is 25.4 Å². The van der Waals surface area contributed by atoms with Crippen LogP contribution in [0.25, 0.3) is 0 Å². The number of carbonyl (C=O) groups excluding carboxylic acids is 2. The second kappa shape index (κ2) is 11.7. The van der Waals surface area contributed by atoms with Crippen molar-refractivity contribution >= 4 is 11.9 Å². The molecule has 170 valence electrons. The summed E-state index contributed by atoms with van der Waals surface area (Å²) in [6, 6.07) is 15.1. The summed E-state index contributed by atoms with van der Waals surface area (Å²) in [6.45, 7) is 10.5. The molecule has 0 aromatic heterocycles. The Morgan fingerprint density at radius 3 is 1.81 bits per heavy atom. The van der Waals surface area contributed by atoms with E-state index in [0.29, 0.717) is 11.5 Å². The van der Waals surface area contributed by atoms with Crippen molar-refractivity contribution in [3.8, 4) is 11.5 Å². The lowest BCUT2D eigenvalue weighted by Crippen LogP contribution is -2.24. The number of esters is 2. The summed E-state index contributed by atoms with van der Waals surface area (Å²) in [7, 11) is 0. The largest absolute Gasteiger partial charge is 0.491 e. The Morgan fingerprint density at radius 1 is 0.844 bits per heavy atom. The number of hydrogen-bond acceptors (Lipinski definition) is 7. The molecule has 0 aliphatic carbocycles. The number of rotatable bonds is 12. The van der Waals surface area contributed by atoms with E-state index in [0.717, 1.165) is 23.3 Å². The van der Waals surface area contributed by atoms with Gasteiger partial charge in [-0.3, -0.25) is 0 Å². The van der Waals surface area contributed by atoms with Gasteiger partial charge in [0.15, 0.2) is 0 Å². The van der Waals surface area contributed by atoms with E-state index in [4.69, 9.17) is 18.9 Å². The van der Waals surface area contributed by atoms with Gasteiger partial charge in [0.2, 0.25) is 6.79 Å². The molecule has 2 aromatic carbocycles. The van der Waals surface area contributed by atoms with Crippen LogP contribution < -0.4 is 9.47 Å². The second-order valence-electron chi connectivity index (χ2n) is 7.40. The lowest BCUT2D eigenvalue weighted by Gasteiger charge is -2.26. The van der Waals surface area contributed by atoms with E-state index in [1.807, 2.05) is 48.5 Å². The molecule has 0 fully saturated rings. The molecule has 0 aliphatic rings. The molecule has 2 aromatic rings. The lowest BCUT2D eigenvalue weighted by molar-refractivity contribution is -0.144. The Morgan fingerprint density at radius 2 is 1.31 bits per heavy atom. The van der Waals surface area contributed by atoms with E-state index in [1.54, 1.807) is 0 Å². The molecule has 0 amide bonds. The predicted molar refractivity (Wildman–Crippen MR) is 119 cm³/mol. The van der Waals surface area contributed by atoms with Gasteiger partial charge in [-0.15, -0.1) is 0 Å². The molecule has 1 unspecified atom stereocenters. The maximum atomic E-state index is 11.0. The molecule has 0 saturated carbocycles. The summed E-state index contributed by atoms with van der Waals surface area (Å²) >= 11 is 0. The molecule has 32 heavy (non-hydrogen) atoms. The quantitative estimate of drug-likeness (QED) is 0.307. The predicted octanol–water partition coefficient (Wildman–Crippen LogP) is 3.55. The Bertz CT molecular complexity index is 914. The summed E-state index contributed by atoms with van der Waals surface area (Å²) in [5, 5.41) is 9.83. The Labute approximate surface area is 187 Å². The number of hydrogen-bond donors (Lipinski definition) is 1. The first-order valence-electron chi connectivity index (χ1n) is 9.99. The number of carbonyl (C=O) groups is 2. The average molecular weight is 440 g/mol. The normalized spacial score (nSPS) is 11.7. The van der Waals surface area contributed by atoms with Crippen LogP contribution in [0, 0.1) is 0 Å². The van der Waals surface area contributed by atoms with Crippen LogP contribution in [-0.4, -0.2) is 43.2 Å². The first-order chi connectivity index (χ1) is 15.3. The van der Waals surface area contributed by atoms with Crippen LogP contribution in [0.4, 0.5) is 0 Å². The highest BCUT2D eigenvalue weighted by atomic mass is 16.7. The van der Waals surface area contributed by atoms with Crippen LogP contribution in [0.5, 0.6) is 11.5 Å². The molecule has 0 bridgehead atoms. The standard InChI is InChI=1S/C25H28O7/c1-5-23(27)30-16-20(26)15-29-21-11-7-18(8-12-21)25(3,4)19-9-13-22(14-10-19)31-17-32-24(28)6-2/h5-14,20,26H,1-2,15-17H2,3-4H3. The van der Waals surface area contributed by atoms with Gasteiger partial charge >= 0.3 is 11.9 Å². The van der Waals surface area contributed by atoms with Crippen molar-refractivity contribution in [2.24, 2.45) is 0 Å². The third-order valence-electron chi connectivity index (χ3n) is 4.77. The Kier molecular flexibility index (Phi) is 9.04. The van der Waals surface area contributed by atoms with Crippen molar-refractivity contribution in [2.75, 3.05) is 20.0 Å². The zero-order chi connectivity index (χ0) is 23.6. The molecule has 7 nitrogen and oxygen atoms in total. The molecule has 0 aliphatic heterocycles. The van der Waals surface area contributed by atoms with E-state index < -0.39 is 18.0 Å². The van der Waals surface area contributed by atoms with Gasteiger partial charge in [0, 0.05) is 17.6 Å². The molecular formula is C25H28O7. The van der Waals surface area contributed by atoms with E-state index in [1.165, 1.54) is 0 Å². The highest BCUT2D eigenvalue weighted by molar-refractivity contribution is 5.81. The van der Waals surface area contributed by atoms with Gasteiger partial charge in [0.1, 0.15) is 30.8 Å². The van der Waals surface area contributed by atoms with Gasteiger partial charge in [-0.2, -0.15) is 0 Å². The SMILES string of the molecule is C=CC(=O)OCOc1ccc(C(C)(C)c2ccc(OCC(O)COC(=O)C=C)cc2)cc1. The van der Waals surface area contributed by atoms with Gasteiger partial charge in [0.05, 0.1) is 0 Å². The van der Waals surface area contributed by atoms with E-state index >= 15 is 0 Å². The van der Waals surface area contributed by atoms with Gasteiger partial charge < -0.3 is 24.1 Å². The fourth-order valence-electron chi connectivity index (χ4n) is 2.79. The molecule has 7 heteroatoms. The first kappa shape index (κ1) is 24.7. The minimum absolute atomic E-state index is 0.00324. The van der Waals surface area contributed by atoms with Crippen molar-refractivity contribution in [3.05, 3.63) is 85.0 Å². The van der Waals surface area contributed by atoms with Crippen LogP contribution in [0.3, 0.4) is 0 Å². The van der Waals surface area contributed by atoms with Crippen molar-refractivity contribution in [1.29, 1.82) is 0 Å². The number of ether oxygens (including phenoxy) is 4. The van der Waals surface area contributed by atoms with Crippen LogP contribution in [0.15, 0.2) is 73.8 Å². The van der Waals surface area contributed by atoms with Crippen molar-refractivity contribution < 1.29 is 33.6 Å². The second-order valence-corrected chi connectivity index (χ2v) is 7.40. The molecule has 1 atom stereocenters. The first-order valence-corrected chi connectivity index (χ1v) is 9.99. The van der Waals surface area contributed by atoms with Gasteiger partial charge in [-0.1, -0.05) is 51.3 Å². The topological polar surface area (TPSA) is 91.3 Å². The summed E-state index contributed by atoms with van der Waals surface area (Å²) < 4.78 is 20.5. The van der Waals surface area contributed by atoms with Crippen LogP contribution >= 0.6 is 0 Å². The molecular weight excluding hydrogens is 412 g/mol. The average Bonchev–Trinajstić information content (AvgIpc) is 2.81. The summed E-state index contributed by atoms with van der Waals surface area (Å²) in [5.74, 6) is 0.0473. The van der Waals surface area contributed by atoms with Crippen molar-refractivity contribution in [1.82, 2.24) is 0 Å². The van der Waals surface area contributed by atoms with E-state index in [2.05, 4.69) is 27.0 Å².